The monoisotopic (exact) mass is 340 g/mol. The van der Waals surface area contributed by atoms with Gasteiger partial charge in [-0.1, -0.05) is 32.6 Å². The van der Waals surface area contributed by atoms with Gasteiger partial charge in [0.25, 0.3) is 0 Å². The van der Waals surface area contributed by atoms with Crippen molar-refractivity contribution in [2.45, 2.75) is 45.4 Å². The highest BCUT2D eigenvalue weighted by Gasteiger charge is 2.00. The molecule has 10 nitrogen and oxygen atoms in total. The topological polar surface area (TPSA) is 193 Å². The van der Waals surface area contributed by atoms with Gasteiger partial charge in [0, 0.05) is 6.42 Å². The van der Waals surface area contributed by atoms with Gasteiger partial charge in [0.2, 0.25) is 0 Å². The van der Waals surface area contributed by atoms with Crippen LogP contribution >= 0.6 is 15.6 Å². The van der Waals surface area contributed by atoms with E-state index in [-0.39, 0.29) is 0 Å². The number of aliphatic carboxylic acids is 1. The van der Waals surface area contributed by atoms with Crippen LogP contribution in [0.5, 0.6) is 0 Å². The summed E-state index contributed by atoms with van der Waals surface area (Å²) >= 11 is 0. The van der Waals surface area contributed by atoms with Crippen LogP contribution in [-0.2, 0) is 13.9 Å². The van der Waals surface area contributed by atoms with E-state index in [1.807, 2.05) is 0 Å². The number of carboxylic acid groups (broad SMARTS) is 1. The summed E-state index contributed by atoms with van der Waals surface area (Å²) in [4.78, 5) is 53.2. The number of carboxylic acids is 1. The summed E-state index contributed by atoms with van der Waals surface area (Å²) in [7, 11) is -9.28. The minimum atomic E-state index is -4.64. The minimum Gasteiger partial charge on any atom is -0.481 e. The lowest BCUT2D eigenvalue weighted by molar-refractivity contribution is -0.137. The average molecular weight is 340 g/mol. The van der Waals surface area contributed by atoms with Crippen molar-refractivity contribution in [2.75, 3.05) is 0 Å². The second kappa shape index (κ2) is 13.7. The van der Waals surface area contributed by atoms with Gasteiger partial charge in [-0.25, -0.2) is 9.13 Å². The molecule has 0 aromatic rings. The number of carbonyl (C=O) groups is 1. The zero-order valence-corrected chi connectivity index (χ0v) is 12.8. The van der Waals surface area contributed by atoms with E-state index in [0.717, 1.165) is 12.8 Å². The Balaban J connectivity index is -0.000000244. The van der Waals surface area contributed by atoms with Gasteiger partial charge in [-0.05, 0) is 6.42 Å². The first-order valence-electron chi connectivity index (χ1n) is 5.55. The first-order chi connectivity index (χ1) is 8.77. The second-order valence-electron chi connectivity index (χ2n) is 3.58. The molecule has 124 valence electrons. The molecule has 0 unspecified atom stereocenters. The van der Waals surface area contributed by atoms with Crippen molar-refractivity contribution in [1.29, 1.82) is 0 Å². The van der Waals surface area contributed by atoms with E-state index in [4.69, 9.17) is 43.6 Å². The van der Waals surface area contributed by atoms with E-state index in [0.29, 0.717) is 6.42 Å². The zero-order chi connectivity index (χ0) is 16.8. The summed E-state index contributed by atoms with van der Waals surface area (Å²) in [6, 6.07) is 0. The van der Waals surface area contributed by atoms with Crippen LogP contribution in [0.3, 0.4) is 0 Å². The highest BCUT2D eigenvalue weighted by atomic mass is 31.2. The van der Waals surface area contributed by atoms with Crippen LogP contribution < -0.4 is 0 Å². The van der Waals surface area contributed by atoms with Crippen LogP contribution in [0.2, 0.25) is 0 Å². The Morgan fingerprint density at radius 3 is 1.35 bits per heavy atom. The molecule has 0 radical (unpaired) electrons. The third kappa shape index (κ3) is 110. The Labute approximate surface area is 116 Å². The van der Waals surface area contributed by atoms with Crippen molar-refractivity contribution in [2.24, 2.45) is 0 Å². The maximum absolute atomic E-state index is 10.0. The summed E-state index contributed by atoms with van der Waals surface area (Å²) in [5.74, 6) is -0.670. The fourth-order valence-corrected chi connectivity index (χ4v) is 0.880. The molecule has 0 heterocycles. The average Bonchev–Trinajstić information content (AvgIpc) is 2.11. The number of rotatable bonds is 6. The number of phosphoric acid groups is 2. The number of hydrogen-bond donors (Lipinski definition) is 7. The standard InChI is InChI=1S/C8H16O2.2H3O4P/c1-2-3-4-5-6-7-8(9)10;2*1-5(2,3)4/h2-7H2,1H3,(H,9,10);2*(H3,1,2,3,4). The van der Waals surface area contributed by atoms with Gasteiger partial charge >= 0.3 is 21.6 Å². The summed E-state index contributed by atoms with van der Waals surface area (Å²) in [6.07, 6.45) is 5.88. The van der Waals surface area contributed by atoms with E-state index in [2.05, 4.69) is 6.92 Å². The molecular weight excluding hydrogens is 318 g/mol. The van der Waals surface area contributed by atoms with Crippen LogP contribution in [0, 0.1) is 0 Å². The van der Waals surface area contributed by atoms with E-state index >= 15 is 0 Å². The third-order valence-corrected chi connectivity index (χ3v) is 1.49. The Bertz CT molecular complexity index is 283. The SMILES string of the molecule is CCCCCCCC(=O)O.O=P(O)(O)O.O=P(O)(O)O. The van der Waals surface area contributed by atoms with Crippen LogP contribution in [0.4, 0.5) is 0 Å². The number of hydrogen-bond acceptors (Lipinski definition) is 3. The lowest BCUT2D eigenvalue weighted by atomic mass is 10.1. The summed E-state index contributed by atoms with van der Waals surface area (Å²) in [6.45, 7) is 2.15. The Morgan fingerprint density at radius 2 is 1.10 bits per heavy atom. The molecular formula is C8H22O10P2. The van der Waals surface area contributed by atoms with E-state index in [1.54, 1.807) is 0 Å². The fourth-order valence-electron chi connectivity index (χ4n) is 0.880. The van der Waals surface area contributed by atoms with Crippen molar-refractivity contribution in [3.8, 4) is 0 Å². The first-order valence-corrected chi connectivity index (χ1v) is 8.68. The van der Waals surface area contributed by atoms with Gasteiger partial charge in [-0.3, -0.25) is 4.79 Å². The molecule has 0 aromatic heterocycles. The van der Waals surface area contributed by atoms with Crippen molar-refractivity contribution in [1.82, 2.24) is 0 Å². The van der Waals surface area contributed by atoms with Crippen molar-refractivity contribution >= 4 is 21.6 Å². The molecule has 0 aromatic carbocycles. The molecule has 0 amide bonds. The van der Waals surface area contributed by atoms with Crippen molar-refractivity contribution in [3.63, 3.8) is 0 Å². The third-order valence-electron chi connectivity index (χ3n) is 1.49. The largest absolute Gasteiger partial charge is 0.481 e. The predicted octanol–water partition coefficient (Wildman–Crippen LogP) is 0.574. The van der Waals surface area contributed by atoms with Crippen molar-refractivity contribution in [3.05, 3.63) is 0 Å². The van der Waals surface area contributed by atoms with Gasteiger partial charge in [-0.15, -0.1) is 0 Å². The van der Waals surface area contributed by atoms with E-state index in [9.17, 15) is 4.79 Å². The number of unbranched alkanes of at least 4 members (excludes halogenated alkanes) is 4. The lowest BCUT2D eigenvalue weighted by Gasteiger charge is -1.95. The highest BCUT2D eigenvalue weighted by molar-refractivity contribution is 7.45. The molecule has 0 bridgehead atoms. The minimum absolute atomic E-state index is 0.337. The van der Waals surface area contributed by atoms with Crippen LogP contribution in [0.25, 0.3) is 0 Å². The molecule has 0 spiro atoms. The van der Waals surface area contributed by atoms with Gasteiger partial charge in [0.05, 0.1) is 0 Å². The molecule has 0 rings (SSSR count). The molecule has 12 heteroatoms. The van der Waals surface area contributed by atoms with Gasteiger partial charge in [0.15, 0.2) is 0 Å². The zero-order valence-electron chi connectivity index (χ0n) is 11.0. The quantitative estimate of drug-likeness (QED) is 0.265. The maximum Gasteiger partial charge on any atom is 0.466 e. The molecule has 0 saturated carbocycles. The van der Waals surface area contributed by atoms with Crippen LogP contribution in [0.15, 0.2) is 0 Å². The summed E-state index contributed by atoms with van der Waals surface area (Å²) < 4.78 is 17.8. The molecule has 0 aliphatic heterocycles. The van der Waals surface area contributed by atoms with Gasteiger partial charge < -0.3 is 34.5 Å². The van der Waals surface area contributed by atoms with Crippen LogP contribution in [-0.4, -0.2) is 40.4 Å². The van der Waals surface area contributed by atoms with Crippen molar-refractivity contribution < 1.29 is 48.4 Å². The molecule has 0 aliphatic rings. The molecule has 0 fully saturated rings. The van der Waals surface area contributed by atoms with E-state index < -0.39 is 21.6 Å². The smallest absolute Gasteiger partial charge is 0.466 e. The molecule has 0 atom stereocenters. The second-order valence-corrected chi connectivity index (χ2v) is 5.64. The first kappa shape index (κ1) is 24.7. The van der Waals surface area contributed by atoms with Gasteiger partial charge in [0.1, 0.15) is 0 Å². The fraction of sp³-hybridized carbons (Fsp3) is 0.875. The molecule has 20 heavy (non-hydrogen) atoms. The normalized spacial score (nSPS) is 10.8. The Morgan fingerprint density at radius 1 is 0.800 bits per heavy atom. The summed E-state index contributed by atoms with van der Waals surface area (Å²) in [5.41, 5.74) is 0. The molecule has 7 N–H and O–H groups in total. The maximum atomic E-state index is 10.0. The Hall–Kier alpha value is -0.310. The lowest BCUT2D eigenvalue weighted by Crippen LogP contribution is -1.93. The van der Waals surface area contributed by atoms with Crippen LogP contribution in [0.1, 0.15) is 45.4 Å². The Kier molecular flexibility index (Phi) is 16.9. The molecule has 0 aliphatic carbocycles. The predicted molar refractivity (Wildman–Crippen MR) is 69.5 cm³/mol. The highest BCUT2D eigenvalue weighted by Crippen LogP contribution is 2.26. The summed E-state index contributed by atoms with van der Waals surface area (Å²) in [5, 5.41) is 8.27. The van der Waals surface area contributed by atoms with Gasteiger partial charge in [-0.2, -0.15) is 0 Å². The molecule has 0 saturated heterocycles. The van der Waals surface area contributed by atoms with E-state index in [1.165, 1.54) is 19.3 Å².